The third kappa shape index (κ3) is 3.65. The Balaban J connectivity index is 1.59. The molecule has 1 fully saturated rings. The fourth-order valence-corrected chi connectivity index (χ4v) is 4.27. The van der Waals surface area contributed by atoms with Gasteiger partial charge in [0.25, 0.3) is 0 Å². The second kappa shape index (κ2) is 6.70. The Kier molecular flexibility index (Phi) is 4.76. The minimum atomic E-state index is -0.0289. The van der Waals surface area contributed by atoms with E-state index in [0.29, 0.717) is 12.5 Å². The molecule has 3 rings (SSSR count). The number of carbonyl (C=O) groups is 2. The van der Waals surface area contributed by atoms with Crippen LogP contribution in [0.5, 0.6) is 0 Å². The van der Waals surface area contributed by atoms with Crippen molar-refractivity contribution in [2.75, 3.05) is 26.7 Å². The van der Waals surface area contributed by atoms with E-state index in [-0.39, 0.29) is 23.4 Å². The van der Waals surface area contributed by atoms with Gasteiger partial charge in [0.2, 0.25) is 5.91 Å². The van der Waals surface area contributed by atoms with Crippen LogP contribution in [0.25, 0.3) is 0 Å². The molecule has 1 heterocycles. The molecule has 0 radical (unpaired) electrons. The van der Waals surface area contributed by atoms with Gasteiger partial charge >= 0.3 is 6.03 Å². The molecule has 5 nitrogen and oxygen atoms in total. The van der Waals surface area contributed by atoms with Gasteiger partial charge in [-0.15, -0.1) is 0 Å². The number of likely N-dealkylation sites (tertiary alicyclic amines) is 1. The van der Waals surface area contributed by atoms with Crippen LogP contribution in [0, 0.1) is 5.92 Å². The highest BCUT2D eigenvalue weighted by atomic mass is 16.2. The van der Waals surface area contributed by atoms with E-state index in [4.69, 9.17) is 0 Å². The molecule has 2 unspecified atom stereocenters. The highest BCUT2D eigenvalue weighted by molar-refractivity contribution is 5.75. The fraction of sp³-hybridized carbons (Fsp3) is 0.600. The summed E-state index contributed by atoms with van der Waals surface area (Å²) in [5, 5.41) is 3.20. The fourth-order valence-electron chi connectivity index (χ4n) is 4.27. The Labute approximate surface area is 150 Å². The van der Waals surface area contributed by atoms with Crippen LogP contribution < -0.4 is 5.32 Å². The maximum absolute atomic E-state index is 12.7. The first-order chi connectivity index (χ1) is 11.8. The predicted molar refractivity (Wildman–Crippen MR) is 98.3 cm³/mol. The van der Waals surface area contributed by atoms with Crippen LogP contribution >= 0.6 is 0 Å². The first kappa shape index (κ1) is 17.8. The number of benzene rings is 1. The smallest absolute Gasteiger partial charge is 0.317 e. The zero-order chi connectivity index (χ0) is 18.2. The van der Waals surface area contributed by atoms with Crippen LogP contribution in [0.4, 0.5) is 4.79 Å². The van der Waals surface area contributed by atoms with E-state index < -0.39 is 0 Å². The predicted octanol–water partition coefficient (Wildman–Crippen LogP) is 2.92. The van der Waals surface area contributed by atoms with Gasteiger partial charge in [-0.25, -0.2) is 4.79 Å². The van der Waals surface area contributed by atoms with Crippen molar-refractivity contribution in [2.45, 2.75) is 45.1 Å². The molecule has 1 saturated heterocycles. The second-order valence-corrected chi connectivity index (χ2v) is 8.18. The summed E-state index contributed by atoms with van der Waals surface area (Å²) < 4.78 is 0. The molecule has 2 aliphatic rings. The zero-order valence-electron chi connectivity index (χ0n) is 15.7. The van der Waals surface area contributed by atoms with Crippen LogP contribution in [0.1, 0.15) is 50.8 Å². The van der Waals surface area contributed by atoms with Gasteiger partial charge in [0.15, 0.2) is 0 Å². The molecule has 1 aliphatic heterocycles. The summed E-state index contributed by atoms with van der Waals surface area (Å²) in [6, 6.07) is 8.43. The monoisotopic (exact) mass is 343 g/mol. The number of amides is 3. The second-order valence-electron chi connectivity index (χ2n) is 8.18. The van der Waals surface area contributed by atoms with Crippen LogP contribution in [0.15, 0.2) is 24.3 Å². The van der Waals surface area contributed by atoms with Crippen molar-refractivity contribution in [3.63, 3.8) is 0 Å². The largest absolute Gasteiger partial charge is 0.343 e. The molecule has 136 valence electrons. The molecule has 1 aromatic carbocycles. The number of fused-ring (bicyclic) bond motifs is 1. The quantitative estimate of drug-likeness (QED) is 0.917. The van der Waals surface area contributed by atoms with Gasteiger partial charge in [-0.05, 0) is 35.3 Å². The zero-order valence-corrected chi connectivity index (χ0v) is 15.7. The number of carbonyl (C=O) groups excluding carboxylic acids is 2. The van der Waals surface area contributed by atoms with E-state index in [2.05, 4.69) is 37.4 Å². The molecule has 3 amide bonds. The van der Waals surface area contributed by atoms with Crippen molar-refractivity contribution in [2.24, 2.45) is 5.92 Å². The molecular weight excluding hydrogens is 314 g/mol. The van der Waals surface area contributed by atoms with Crippen molar-refractivity contribution < 1.29 is 9.59 Å². The molecule has 1 N–H and O–H groups in total. The number of rotatable bonds is 3. The Morgan fingerprint density at radius 3 is 2.72 bits per heavy atom. The number of nitrogens with one attached hydrogen (secondary N) is 1. The molecular formula is C20H29N3O2. The molecule has 0 spiro atoms. The van der Waals surface area contributed by atoms with Gasteiger partial charge in [-0.3, -0.25) is 4.79 Å². The first-order valence-electron chi connectivity index (χ1n) is 9.14. The van der Waals surface area contributed by atoms with Gasteiger partial charge in [0.05, 0.1) is 6.04 Å². The van der Waals surface area contributed by atoms with Crippen LogP contribution in [0.2, 0.25) is 0 Å². The van der Waals surface area contributed by atoms with Gasteiger partial charge in [-0.1, -0.05) is 38.1 Å². The lowest BCUT2D eigenvalue weighted by atomic mass is 9.86. The lowest BCUT2D eigenvalue weighted by Gasteiger charge is -2.25. The molecule has 25 heavy (non-hydrogen) atoms. The summed E-state index contributed by atoms with van der Waals surface area (Å²) in [5.41, 5.74) is 2.65. The molecule has 2 atom stereocenters. The van der Waals surface area contributed by atoms with E-state index >= 15 is 0 Å². The number of hydrogen-bond donors (Lipinski definition) is 1. The molecule has 1 aliphatic carbocycles. The Hall–Kier alpha value is -2.04. The van der Waals surface area contributed by atoms with Crippen LogP contribution in [-0.2, 0) is 10.2 Å². The lowest BCUT2D eigenvalue weighted by molar-refractivity contribution is -0.127. The standard InChI is InChI=1S/C20H29N3O2/c1-14(24)23-10-9-15(13-23)12-22(4)19(25)21-18-11-20(2,3)17-8-6-5-7-16(17)18/h5-8,15,18H,9-13H2,1-4H3,(H,21,25). The Bertz CT molecular complexity index is 671. The molecule has 1 aromatic rings. The van der Waals surface area contributed by atoms with E-state index in [0.717, 1.165) is 25.9 Å². The summed E-state index contributed by atoms with van der Waals surface area (Å²) in [5.74, 6) is 0.492. The lowest BCUT2D eigenvalue weighted by Crippen LogP contribution is -2.42. The molecule has 5 heteroatoms. The van der Waals surface area contributed by atoms with E-state index in [9.17, 15) is 9.59 Å². The topological polar surface area (TPSA) is 52.7 Å². The number of hydrogen-bond acceptors (Lipinski definition) is 2. The number of nitrogens with zero attached hydrogens (tertiary/aromatic N) is 2. The summed E-state index contributed by atoms with van der Waals surface area (Å²) in [6.07, 6.45) is 1.89. The first-order valence-corrected chi connectivity index (χ1v) is 9.14. The van der Waals surface area contributed by atoms with Gasteiger partial charge in [-0.2, -0.15) is 0 Å². The average molecular weight is 343 g/mol. The minimum Gasteiger partial charge on any atom is -0.343 e. The average Bonchev–Trinajstić information content (AvgIpc) is 3.11. The Morgan fingerprint density at radius 2 is 2.04 bits per heavy atom. The maximum atomic E-state index is 12.7. The van der Waals surface area contributed by atoms with Gasteiger partial charge in [0, 0.05) is 33.6 Å². The Morgan fingerprint density at radius 1 is 1.32 bits per heavy atom. The van der Waals surface area contributed by atoms with Crippen LogP contribution in [-0.4, -0.2) is 48.4 Å². The third-order valence-corrected chi connectivity index (χ3v) is 5.69. The van der Waals surface area contributed by atoms with Crippen molar-refractivity contribution in [1.82, 2.24) is 15.1 Å². The maximum Gasteiger partial charge on any atom is 0.317 e. The minimum absolute atomic E-state index is 0.0289. The summed E-state index contributed by atoms with van der Waals surface area (Å²) in [6.45, 7) is 8.32. The van der Waals surface area contributed by atoms with Crippen molar-refractivity contribution in [3.8, 4) is 0 Å². The van der Waals surface area contributed by atoms with Crippen molar-refractivity contribution in [3.05, 3.63) is 35.4 Å². The third-order valence-electron chi connectivity index (χ3n) is 5.69. The molecule has 0 saturated carbocycles. The SMILES string of the molecule is CC(=O)N1CCC(CN(C)C(=O)NC2CC(C)(C)c3ccccc32)C1. The normalized spacial score (nSPS) is 24.1. The number of urea groups is 1. The van der Waals surface area contributed by atoms with E-state index in [1.165, 1.54) is 11.1 Å². The van der Waals surface area contributed by atoms with Gasteiger partial charge < -0.3 is 15.1 Å². The molecule has 0 bridgehead atoms. The highest BCUT2D eigenvalue weighted by Crippen LogP contribution is 2.44. The summed E-state index contributed by atoms with van der Waals surface area (Å²) in [4.78, 5) is 27.7. The molecule has 0 aromatic heterocycles. The highest BCUT2D eigenvalue weighted by Gasteiger charge is 2.37. The van der Waals surface area contributed by atoms with Crippen LogP contribution in [0.3, 0.4) is 0 Å². The van der Waals surface area contributed by atoms with E-state index in [1.807, 2.05) is 18.0 Å². The summed E-state index contributed by atoms with van der Waals surface area (Å²) >= 11 is 0. The van der Waals surface area contributed by atoms with Crippen molar-refractivity contribution >= 4 is 11.9 Å². The van der Waals surface area contributed by atoms with Crippen molar-refractivity contribution in [1.29, 1.82) is 0 Å². The van der Waals surface area contributed by atoms with E-state index in [1.54, 1.807) is 11.8 Å². The summed E-state index contributed by atoms with van der Waals surface area (Å²) in [7, 11) is 1.84. The van der Waals surface area contributed by atoms with Gasteiger partial charge in [0.1, 0.15) is 0 Å².